The lowest BCUT2D eigenvalue weighted by Gasteiger charge is -2.17. The van der Waals surface area contributed by atoms with Crippen molar-refractivity contribution in [1.29, 1.82) is 0 Å². The number of carbonyl (C=O) groups is 1. The number of hydrogen-bond donors (Lipinski definition) is 1. The quantitative estimate of drug-likeness (QED) is 0.773. The summed E-state index contributed by atoms with van der Waals surface area (Å²) >= 11 is 0. The van der Waals surface area contributed by atoms with E-state index in [4.69, 9.17) is 4.74 Å². The molecule has 1 N–H and O–H groups in total. The van der Waals surface area contributed by atoms with Gasteiger partial charge in [0.1, 0.15) is 6.10 Å². The summed E-state index contributed by atoms with van der Waals surface area (Å²) in [7, 11) is 0. The molecular weight excluding hydrogens is 371 g/mol. The second-order valence-corrected chi connectivity index (χ2v) is 7.31. The predicted molar refractivity (Wildman–Crippen MR) is 98.0 cm³/mol. The molecule has 1 aliphatic carbocycles. The molecule has 1 aromatic carbocycles. The number of benzene rings is 1. The topological polar surface area (TPSA) is 56.2 Å². The Balaban J connectivity index is 1.74. The molecule has 1 saturated carbocycles. The fourth-order valence-corrected chi connectivity index (χ4v) is 2.97. The molecule has 2 aromatic rings. The number of aromatic nitrogens is 2. The Morgan fingerprint density at radius 1 is 1.32 bits per heavy atom. The Hall–Kier alpha value is -2.35. The van der Waals surface area contributed by atoms with E-state index in [-0.39, 0.29) is 12.1 Å². The van der Waals surface area contributed by atoms with Gasteiger partial charge in [0.15, 0.2) is 0 Å². The zero-order valence-electron chi connectivity index (χ0n) is 16.1. The van der Waals surface area contributed by atoms with E-state index in [1.165, 1.54) is 10.7 Å². The molecule has 0 saturated heterocycles. The molecule has 0 radical (unpaired) electrons. The second kappa shape index (κ2) is 7.95. The Labute approximate surface area is 161 Å². The zero-order valence-corrected chi connectivity index (χ0v) is 16.1. The fraction of sp³-hybridized carbons (Fsp3) is 0.500. The molecule has 0 spiro atoms. The SMILES string of the molecule is Cc1cc(C)n(-c2ccc(CNC(=O)C(C)OCC3CC3)c(C(F)(F)F)c2)n1. The lowest BCUT2D eigenvalue weighted by molar-refractivity contribution is -0.139. The van der Waals surface area contributed by atoms with Crippen LogP contribution in [0.3, 0.4) is 0 Å². The van der Waals surface area contributed by atoms with Crippen LogP contribution in [-0.2, 0) is 22.3 Å². The van der Waals surface area contributed by atoms with Crippen molar-refractivity contribution in [3.05, 3.63) is 46.8 Å². The van der Waals surface area contributed by atoms with E-state index in [2.05, 4.69) is 10.4 Å². The summed E-state index contributed by atoms with van der Waals surface area (Å²) in [6.45, 7) is 5.46. The maximum absolute atomic E-state index is 13.6. The number of carbonyl (C=O) groups excluding carboxylic acids is 1. The third-order valence-electron chi connectivity index (χ3n) is 4.75. The Morgan fingerprint density at radius 2 is 2.04 bits per heavy atom. The van der Waals surface area contributed by atoms with Crippen LogP contribution in [0, 0.1) is 19.8 Å². The Bertz CT molecular complexity index is 857. The monoisotopic (exact) mass is 395 g/mol. The average molecular weight is 395 g/mol. The van der Waals surface area contributed by atoms with Gasteiger partial charge in [-0.05, 0) is 63.3 Å². The van der Waals surface area contributed by atoms with Gasteiger partial charge in [-0.3, -0.25) is 4.79 Å². The van der Waals surface area contributed by atoms with E-state index in [0.29, 0.717) is 18.2 Å². The number of halogens is 3. The van der Waals surface area contributed by atoms with Crippen molar-refractivity contribution < 1.29 is 22.7 Å². The summed E-state index contributed by atoms with van der Waals surface area (Å²) in [5.41, 5.74) is 1.01. The van der Waals surface area contributed by atoms with Crippen molar-refractivity contribution in [3.63, 3.8) is 0 Å². The smallest absolute Gasteiger partial charge is 0.368 e. The molecule has 0 bridgehead atoms. The molecule has 1 heterocycles. The number of aryl methyl sites for hydroxylation is 2. The molecule has 1 atom stereocenters. The van der Waals surface area contributed by atoms with Gasteiger partial charge in [0.05, 0.1) is 23.6 Å². The second-order valence-electron chi connectivity index (χ2n) is 7.31. The maximum Gasteiger partial charge on any atom is 0.416 e. The van der Waals surface area contributed by atoms with Gasteiger partial charge in [-0.1, -0.05) is 6.07 Å². The standard InChI is InChI=1S/C20H24F3N3O2/c1-12-8-13(2)26(25-12)17-7-6-16(18(9-17)20(21,22)23)10-24-19(27)14(3)28-11-15-4-5-15/h6-9,14-15H,4-5,10-11H2,1-3H3,(H,24,27). The van der Waals surface area contributed by atoms with Crippen LogP contribution in [0.25, 0.3) is 5.69 Å². The number of rotatable bonds is 7. The highest BCUT2D eigenvalue weighted by Crippen LogP contribution is 2.34. The van der Waals surface area contributed by atoms with E-state index in [0.717, 1.165) is 30.3 Å². The lowest BCUT2D eigenvalue weighted by atomic mass is 10.1. The summed E-state index contributed by atoms with van der Waals surface area (Å²) in [5.74, 6) is 0.0883. The molecule has 1 aliphatic rings. The fourth-order valence-electron chi connectivity index (χ4n) is 2.97. The van der Waals surface area contributed by atoms with Crippen LogP contribution in [-0.4, -0.2) is 28.4 Å². The van der Waals surface area contributed by atoms with E-state index < -0.39 is 23.8 Å². The van der Waals surface area contributed by atoms with Crippen LogP contribution < -0.4 is 5.32 Å². The van der Waals surface area contributed by atoms with Gasteiger partial charge in [0.2, 0.25) is 5.91 Å². The molecule has 3 rings (SSSR count). The first-order valence-corrected chi connectivity index (χ1v) is 9.28. The largest absolute Gasteiger partial charge is 0.416 e. The van der Waals surface area contributed by atoms with Gasteiger partial charge >= 0.3 is 6.18 Å². The lowest BCUT2D eigenvalue weighted by Crippen LogP contribution is -2.35. The minimum absolute atomic E-state index is 0.000485. The summed E-state index contributed by atoms with van der Waals surface area (Å²) in [5, 5.41) is 6.78. The van der Waals surface area contributed by atoms with Crippen molar-refractivity contribution >= 4 is 5.91 Å². The number of amides is 1. The molecule has 8 heteroatoms. The number of hydrogen-bond acceptors (Lipinski definition) is 3. The van der Waals surface area contributed by atoms with Gasteiger partial charge in [-0.2, -0.15) is 18.3 Å². The number of ether oxygens (including phenoxy) is 1. The Morgan fingerprint density at radius 3 is 2.61 bits per heavy atom. The zero-order chi connectivity index (χ0) is 20.5. The summed E-state index contributed by atoms with van der Waals surface area (Å²) in [4.78, 5) is 12.1. The molecule has 1 aromatic heterocycles. The summed E-state index contributed by atoms with van der Waals surface area (Å²) in [6.07, 6.45) is -3.03. The third kappa shape index (κ3) is 4.92. The predicted octanol–water partition coefficient (Wildman–Crippen LogP) is 3.94. The molecule has 0 aliphatic heterocycles. The minimum atomic E-state index is -4.54. The van der Waals surface area contributed by atoms with Gasteiger partial charge in [0.25, 0.3) is 0 Å². The normalized spacial score (nSPS) is 15.5. The van der Waals surface area contributed by atoms with E-state index in [1.54, 1.807) is 32.9 Å². The van der Waals surface area contributed by atoms with E-state index in [1.807, 2.05) is 0 Å². The van der Waals surface area contributed by atoms with Crippen LogP contribution in [0.1, 0.15) is 42.3 Å². The molecule has 5 nitrogen and oxygen atoms in total. The maximum atomic E-state index is 13.6. The molecule has 1 unspecified atom stereocenters. The van der Waals surface area contributed by atoms with Crippen molar-refractivity contribution in [1.82, 2.24) is 15.1 Å². The van der Waals surface area contributed by atoms with Crippen LogP contribution in [0.2, 0.25) is 0 Å². The molecule has 152 valence electrons. The summed E-state index contributed by atoms with van der Waals surface area (Å²) < 4.78 is 47.7. The van der Waals surface area contributed by atoms with E-state index in [9.17, 15) is 18.0 Å². The van der Waals surface area contributed by atoms with E-state index >= 15 is 0 Å². The van der Waals surface area contributed by atoms with Crippen LogP contribution >= 0.6 is 0 Å². The highest BCUT2D eigenvalue weighted by molar-refractivity contribution is 5.80. The minimum Gasteiger partial charge on any atom is -0.368 e. The third-order valence-corrected chi connectivity index (χ3v) is 4.75. The average Bonchev–Trinajstić information content (AvgIpc) is 3.39. The number of alkyl halides is 3. The first kappa shape index (κ1) is 20.4. The van der Waals surface area contributed by atoms with Crippen molar-refractivity contribution in [3.8, 4) is 5.69 Å². The Kier molecular flexibility index (Phi) is 5.79. The first-order valence-electron chi connectivity index (χ1n) is 9.28. The van der Waals surface area contributed by atoms with Crippen LogP contribution in [0.15, 0.2) is 24.3 Å². The number of nitrogens with zero attached hydrogens (tertiary/aromatic N) is 2. The number of nitrogens with one attached hydrogen (secondary N) is 1. The highest BCUT2D eigenvalue weighted by Gasteiger charge is 2.34. The van der Waals surface area contributed by atoms with Crippen molar-refractivity contribution in [2.75, 3.05) is 6.61 Å². The van der Waals surface area contributed by atoms with Crippen molar-refractivity contribution in [2.24, 2.45) is 5.92 Å². The highest BCUT2D eigenvalue weighted by atomic mass is 19.4. The van der Waals surface area contributed by atoms with Crippen molar-refractivity contribution in [2.45, 2.75) is 52.4 Å². The first-order chi connectivity index (χ1) is 13.1. The van der Waals surface area contributed by atoms with Crippen LogP contribution in [0.4, 0.5) is 13.2 Å². The van der Waals surface area contributed by atoms with Gasteiger partial charge in [-0.25, -0.2) is 4.68 Å². The molecular formula is C20H24F3N3O2. The molecule has 1 fully saturated rings. The summed E-state index contributed by atoms with van der Waals surface area (Å²) in [6, 6.07) is 5.81. The van der Waals surface area contributed by atoms with Gasteiger partial charge in [-0.15, -0.1) is 0 Å². The molecule has 1 amide bonds. The van der Waals surface area contributed by atoms with Gasteiger partial charge in [0, 0.05) is 12.2 Å². The van der Waals surface area contributed by atoms with Crippen LogP contribution in [0.5, 0.6) is 0 Å². The van der Waals surface area contributed by atoms with Gasteiger partial charge < -0.3 is 10.1 Å². The molecule has 28 heavy (non-hydrogen) atoms.